The second-order valence-electron chi connectivity index (χ2n) is 5.38. The summed E-state index contributed by atoms with van der Waals surface area (Å²) in [6.07, 6.45) is 6.73. The molecule has 1 aromatic carbocycles. The highest BCUT2D eigenvalue weighted by Crippen LogP contribution is 2.21. The number of benzene rings is 1. The third-order valence-corrected chi connectivity index (χ3v) is 4.11. The molecule has 7 heteroatoms. The van der Waals surface area contributed by atoms with Gasteiger partial charge in [-0.1, -0.05) is 24.3 Å². The first-order chi connectivity index (χ1) is 11.6. The van der Waals surface area contributed by atoms with Gasteiger partial charge < -0.3 is 11.1 Å². The number of halogens is 1. The number of anilines is 1. The first-order valence-electron chi connectivity index (χ1n) is 7.49. The zero-order valence-electron chi connectivity index (χ0n) is 13.1. The Morgan fingerprint density at radius 3 is 2.50 bits per heavy atom. The van der Waals surface area contributed by atoms with Crippen LogP contribution in [-0.4, -0.2) is 19.9 Å². The van der Waals surface area contributed by atoms with E-state index in [1.807, 2.05) is 0 Å². The van der Waals surface area contributed by atoms with E-state index < -0.39 is 0 Å². The Morgan fingerprint density at radius 2 is 1.79 bits per heavy atom. The Morgan fingerprint density at radius 1 is 1.08 bits per heavy atom. The van der Waals surface area contributed by atoms with Gasteiger partial charge in [0.1, 0.15) is 16.7 Å². The van der Waals surface area contributed by atoms with Gasteiger partial charge in [-0.2, -0.15) is 0 Å². The topological polar surface area (TPSA) is 89.6 Å². The van der Waals surface area contributed by atoms with Gasteiger partial charge in [0.25, 0.3) is 0 Å². The maximum absolute atomic E-state index is 5.85. The Bertz CT molecular complexity index is 807. The molecule has 0 saturated carbocycles. The molecule has 0 spiro atoms. The Balaban J connectivity index is 1.67. The maximum Gasteiger partial charge on any atom is 0.146 e. The van der Waals surface area contributed by atoms with Crippen molar-refractivity contribution in [3.63, 3.8) is 0 Å². The van der Waals surface area contributed by atoms with Crippen molar-refractivity contribution in [1.82, 2.24) is 25.3 Å². The van der Waals surface area contributed by atoms with E-state index in [4.69, 9.17) is 5.73 Å². The van der Waals surface area contributed by atoms with Gasteiger partial charge in [-0.3, -0.25) is 0 Å². The fourth-order valence-corrected chi connectivity index (χ4v) is 2.64. The highest BCUT2D eigenvalue weighted by Gasteiger charge is 2.09. The highest BCUT2D eigenvalue weighted by atomic mass is 79.9. The van der Waals surface area contributed by atoms with Crippen molar-refractivity contribution in [2.75, 3.05) is 5.73 Å². The summed E-state index contributed by atoms with van der Waals surface area (Å²) in [5, 5.41) is 3.41. The summed E-state index contributed by atoms with van der Waals surface area (Å²) in [7, 11) is 0. The minimum Gasteiger partial charge on any atom is -0.382 e. The van der Waals surface area contributed by atoms with Gasteiger partial charge in [0, 0.05) is 30.5 Å². The SMILES string of the molecule is CC(NCc1nc(Br)cnc1N)c1ccc(-c2cncnc2)cc1. The van der Waals surface area contributed by atoms with Crippen LogP contribution in [0.2, 0.25) is 0 Å². The van der Waals surface area contributed by atoms with Crippen molar-refractivity contribution in [2.24, 2.45) is 0 Å². The Hall–Kier alpha value is -2.38. The zero-order chi connectivity index (χ0) is 16.9. The fraction of sp³-hybridized carbons (Fsp3) is 0.176. The molecule has 2 heterocycles. The fourth-order valence-electron chi connectivity index (χ4n) is 2.32. The van der Waals surface area contributed by atoms with E-state index in [9.17, 15) is 0 Å². The lowest BCUT2D eigenvalue weighted by molar-refractivity contribution is 0.567. The van der Waals surface area contributed by atoms with Crippen LogP contribution in [-0.2, 0) is 6.54 Å². The number of hydrogen-bond acceptors (Lipinski definition) is 6. The zero-order valence-corrected chi connectivity index (χ0v) is 14.7. The quantitative estimate of drug-likeness (QED) is 0.702. The van der Waals surface area contributed by atoms with Crippen LogP contribution < -0.4 is 11.1 Å². The van der Waals surface area contributed by atoms with Gasteiger partial charge in [-0.25, -0.2) is 19.9 Å². The molecular weight excluding hydrogens is 368 g/mol. The molecule has 6 nitrogen and oxygen atoms in total. The highest BCUT2D eigenvalue weighted by molar-refractivity contribution is 9.10. The van der Waals surface area contributed by atoms with Crippen LogP contribution in [0.15, 0.2) is 53.8 Å². The molecule has 0 aliphatic carbocycles. The van der Waals surface area contributed by atoms with E-state index in [1.165, 1.54) is 11.9 Å². The standard InChI is InChI=1S/C17H17BrN6/c1-11(22-8-15-17(19)23-9-16(18)24-15)12-2-4-13(5-3-12)14-6-20-10-21-7-14/h2-7,9-11,22H,8H2,1H3,(H2,19,23). The number of nitrogen functional groups attached to an aromatic ring is 1. The largest absolute Gasteiger partial charge is 0.382 e. The minimum atomic E-state index is 0.159. The monoisotopic (exact) mass is 384 g/mol. The van der Waals surface area contributed by atoms with Gasteiger partial charge in [-0.05, 0) is 34.0 Å². The number of nitrogens with two attached hydrogens (primary N) is 1. The molecule has 0 saturated heterocycles. The first-order valence-corrected chi connectivity index (χ1v) is 8.28. The normalized spacial score (nSPS) is 12.1. The number of rotatable bonds is 5. The summed E-state index contributed by atoms with van der Waals surface area (Å²) in [5.41, 5.74) is 9.85. The summed E-state index contributed by atoms with van der Waals surface area (Å²) < 4.78 is 0.676. The van der Waals surface area contributed by atoms with E-state index in [0.29, 0.717) is 17.0 Å². The van der Waals surface area contributed by atoms with E-state index >= 15 is 0 Å². The molecule has 0 radical (unpaired) electrons. The first kappa shape index (κ1) is 16.5. The van der Waals surface area contributed by atoms with Gasteiger partial charge in [0.2, 0.25) is 0 Å². The van der Waals surface area contributed by atoms with Crippen LogP contribution in [0.1, 0.15) is 24.2 Å². The molecule has 2 aromatic heterocycles. The molecule has 0 aliphatic rings. The minimum absolute atomic E-state index is 0.159. The van der Waals surface area contributed by atoms with Crippen molar-refractivity contribution < 1.29 is 0 Å². The predicted octanol–water partition coefficient (Wildman–Crippen LogP) is 3.13. The average molecular weight is 385 g/mol. The van der Waals surface area contributed by atoms with Crippen molar-refractivity contribution >= 4 is 21.7 Å². The van der Waals surface area contributed by atoms with E-state index in [-0.39, 0.29) is 6.04 Å². The van der Waals surface area contributed by atoms with Crippen molar-refractivity contribution in [1.29, 1.82) is 0 Å². The van der Waals surface area contributed by atoms with Crippen LogP contribution >= 0.6 is 15.9 Å². The second-order valence-corrected chi connectivity index (χ2v) is 6.19. The Kier molecular flexibility index (Phi) is 5.12. The molecule has 0 fully saturated rings. The summed E-state index contributed by atoms with van der Waals surface area (Å²) in [6, 6.07) is 8.48. The lowest BCUT2D eigenvalue weighted by Gasteiger charge is -2.15. The molecule has 24 heavy (non-hydrogen) atoms. The van der Waals surface area contributed by atoms with Crippen LogP contribution in [0.5, 0.6) is 0 Å². The van der Waals surface area contributed by atoms with Gasteiger partial charge in [-0.15, -0.1) is 0 Å². The molecule has 3 rings (SSSR count). The second kappa shape index (κ2) is 7.46. The lowest BCUT2D eigenvalue weighted by atomic mass is 10.0. The lowest BCUT2D eigenvalue weighted by Crippen LogP contribution is -2.20. The summed E-state index contributed by atoms with van der Waals surface area (Å²) >= 11 is 3.31. The number of nitrogens with zero attached hydrogens (tertiary/aromatic N) is 4. The van der Waals surface area contributed by atoms with Crippen LogP contribution in [0.25, 0.3) is 11.1 Å². The van der Waals surface area contributed by atoms with Gasteiger partial charge in [0.15, 0.2) is 0 Å². The number of nitrogens with one attached hydrogen (secondary N) is 1. The average Bonchev–Trinajstić information content (AvgIpc) is 2.63. The van der Waals surface area contributed by atoms with Crippen molar-refractivity contribution in [2.45, 2.75) is 19.5 Å². The molecule has 3 aromatic rings. The smallest absolute Gasteiger partial charge is 0.146 e. The molecule has 122 valence electrons. The molecule has 1 atom stereocenters. The maximum atomic E-state index is 5.85. The number of hydrogen-bond donors (Lipinski definition) is 2. The molecule has 0 bridgehead atoms. The molecule has 0 amide bonds. The van der Waals surface area contributed by atoms with Crippen molar-refractivity contribution in [3.8, 4) is 11.1 Å². The van der Waals surface area contributed by atoms with E-state index in [2.05, 4.69) is 72.4 Å². The molecular formula is C17H17BrN6. The van der Waals surface area contributed by atoms with E-state index in [0.717, 1.165) is 16.8 Å². The van der Waals surface area contributed by atoms with Gasteiger partial charge >= 0.3 is 0 Å². The summed E-state index contributed by atoms with van der Waals surface area (Å²) in [6.45, 7) is 2.65. The van der Waals surface area contributed by atoms with Crippen molar-refractivity contribution in [3.05, 3.63) is 65.0 Å². The van der Waals surface area contributed by atoms with Crippen LogP contribution in [0.4, 0.5) is 5.82 Å². The molecule has 1 unspecified atom stereocenters. The van der Waals surface area contributed by atoms with Crippen LogP contribution in [0, 0.1) is 0 Å². The predicted molar refractivity (Wildman–Crippen MR) is 96.9 cm³/mol. The molecule has 3 N–H and O–H groups in total. The van der Waals surface area contributed by atoms with E-state index in [1.54, 1.807) is 18.6 Å². The Labute approximate surface area is 148 Å². The summed E-state index contributed by atoms with van der Waals surface area (Å²) in [5.74, 6) is 0.442. The summed E-state index contributed by atoms with van der Waals surface area (Å²) in [4.78, 5) is 16.5. The number of aromatic nitrogens is 4. The van der Waals surface area contributed by atoms with Crippen LogP contribution in [0.3, 0.4) is 0 Å². The third-order valence-electron chi connectivity index (χ3n) is 3.73. The third kappa shape index (κ3) is 3.93. The van der Waals surface area contributed by atoms with Gasteiger partial charge in [0.05, 0.1) is 11.9 Å². The molecule has 0 aliphatic heterocycles.